The molecule has 1 saturated carbocycles. The maximum atomic E-state index is 9.25. The van der Waals surface area contributed by atoms with Crippen molar-refractivity contribution in [3.05, 3.63) is 0 Å². The van der Waals surface area contributed by atoms with E-state index in [0.29, 0.717) is 5.92 Å². The lowest BCUT2D eigenvalue weighted by molar-refractivity contribution is -0.0966. The zero-order valence-corrected chi connectivity index (χ0v) is 8.45. The van der Waals surface area contributed by atoms with E-state index in [4.69, 9.17) is 10.00 Å². The van der Waals surface area contributed by atoms with Gasteiger partial charge < -0.3 is 9.84 Å². The van der Waals surface area contributed by atoms with Crippen molar-refractivity contribution < 1.29 is 9.84 Å². The number of nitrogens with zero attached hydrogens (tertiary/aromatic N) is 1. The highest BCUT2D eigenvalue weighted by Crippen LogP contribution is 2.42. The molecular weight excluding hydrogens is 166 g/mol. The summed E-state index contributed by atoms with van der Waals surface area (Å²) in [6.45, 7) is 5.28. The Balaban J connectivity index is 2.53. The first-order valence-electron chi connectivity index (χ1n) is 4.76. The molecule has 0 radical (unpaired) electrons. The Labute approximate surface area is 79.3 Å². The first kappa shape index (κ1) is 10.5. The minimum atomic E-state index is -0.698. The van der Waals surface area contributed by atoms with Gasteiger partial charge in [-0.2, -0.15) is 5.26 Å². The van der Waals surface area contributed by atoms with Crippen LogP contribution in [0.2, 0.25) is 0 Å². The summed E-state index contributed by atoms with van der Waals surface area (Å²) in [7, 11) is 0. The second-order valence-electron chi connectivity index (χ2n) is 4.06. The zero-order chi connectivity index (χ0) is 10.1. The Morgan fingerprint density at radius 1 is 1.54 bits per heavy atom. The van der Waals surface area contributed by atoms with E-state index in [1.54, 1.807) is 13.8 Å². The first-order valence-corrected chi connectivity index (χ1v) is 4.76. The van der Waals surface area contributed by atoms with Gasteiger partial charge in [0.1, 0.15) is 0 Å². The Bertz CT molecular complexity index is 217. The molecular formula is C10H17NO2. The number of hydrogen-bond acceptors (Lipinski definition) is 3. The third-order valence-electron chi connectivity index (χ3n) is 2.69. The van der Waals surface area contributed by atoms with Crippen molar-refractivity contribution in [1.29, 1.82) is 5.26 Å². The number of nitriles is 1. The van der Waals surface area contributed by atoms with Gasteiger partial charge >= 0.3 is 0 Å². The van der Waals surface area contributed by atoms with Crippen molar-refractivity contribution in [2.45, 2.75) is 51.4 Å². The maximum absolute atomic E-state index is 9.25. The average Bonchev–Trinajstić information content (AvgIpc) is 2.86. The molecule has 0 aromatic rings. The van der Waals surface area contributed by atoms with Crippen molar-refractivity contribution in [2.24, 2.45) is 5.92 Å². The van der Waals surface area contributed by atoms with Gasteiger partial charge in [-0.25, -0.2) is 0 Å². The molecule has 3 heteroatoms. The van der Waals surface area contributed by atoms with Crippen LogP contribution in [0.4, 0.5) is 0 Å². The van der Waals surface area contributed by atoms with Gasteiger partial charge in [0, 0.05) is 5.92 Å². The third-order valence-corrected chi connectivity index (χ3v) is 2.69. The number of ether oxygens (including phenoxy) is 1. The van der Waals surface area contributed by atoms with E-state index in [-0.39, 0.29) is 6.10 Å². The molecule has 0 bridgehead atoms. The highest BCUT2D eigenvalue weighted by Gasteiger charge is 2.44. The van der Waals surface area contributed by atoms with E-state index in [0.717, 1.165) is 12.8 Å². The van der Waals surface area contributed by atoms with Crippen LogP contribution in [0.25, 0.3) is 0 Å². The molecule has 0 aromatic carbocycles. The van der Waals surface area contributed by atoms with Gasteiger partial charge in [-0.15, -0.1) is 0 Å². The number of rotatable bonds is 4. The molecule has 0 amide bonds. The van der Waals surface area contributed by atoms with Crippen LogP contribution in [-0.4, -0.2) is 22.9 Å². The van der Waals surface area contributed by atoms with Crippen molar-refractivity contribution in [3.63, 3.8) is 0 Å². The summed E-state index contributed by atoms with van der Waals surface area (Å²) in [6.07, 6.45) is 1.34. The topological polar surface area (TPSA) is 53.2 Å². The molecule has 1 rings (SSSR count). The van der Waals surface area contributed by atoms with Crippen molar-refractivity contribution >= 4 is 0 Å². The molecule has 1 aliphatic rings. The van der Waals surface area contributed by atoms with E-state index in [9.17, 15) is 5.11 Å². The largest absolute Gasteiger partial charge is 0.391 e. The minimum Gasteiger partial charge on any atom is -0.391 e. The predicted octanol–water partition coefficient (Wildman–Crippen LogP) is 1.46. The summed E-state index contributed by atoms with van der Waals surface area (Å²) in [5.41, 5.74) is -0.698. The van der Waals surface area contributed by atoms with E-state index in [1.165, 1.54) is 0 Å². The lowest BCUT2D eigenvalue weighted by Gasteiger charge is -2.27. The number of aliphatic hydroxyl groups excluding tert-OH is 1. The summed E-state index contributed by atoms with van der Waals surface area (Å²) < 4.78 is 5.56. The fourth-order valence-corrected chi connectivity index (χ4v) is 1.33. The molecule has 13 heavy (non-hydrogen) atoms. The first-order chi connectivity index (χ1) is 5.99. The molecule has 0 heterocycles. The predicted molar refractivity (Wildman–Crippen MR) is 49.0 cm³/mol. The summed E-state index contributed by atoms with van der Waals surface area (Å²) >= 11 is 0. The molecule has 1 fully saturated rings. The van der Waals surface area contributed by atoms with Crippen molar-refractivity contribution in [2.75, 3.05) is 0 Å². The Morgan fingerprint density at radius 3 is 2.38 bits per heavy atom. The Kier molecular flexibility index (Phi) is 2.94. The summed E-state index contributed by atoms with van der Waals surface area (Å²) in [5, 5.41) is 18.2. The smallest absolute Gasteiger partial charge is 0.154 e. The minimum absolute atomic E-state index is 0.273. The van der Waals surface area contributed by atoms with Gasteiger partial charge in [0.15, 0.2) is 5.60 Å². The van der Waals surface area contributed by atoms with E-state index in [1.807, 2.05) is 6.92 Å². The Morgan fingerprint density at radius 2 is 2.08 bits per heavy atom. The molecule has 3 unspecified atom stereocenters. The Hall–Kier alpha value is -0.590. The van der Waals surface area contributed by atoms with Crippen molar-refractivity contribution in [3.8, 4) is 6.07 Å². The van der Waals surface area contributed by atoms with Crippen molar-refractivity contribution in [1.82, 2.24) is 0 Å². The average molecular weight is 183 g/mol. The molecule has 3 nitrogen and oxygen atoms in total. The van der Waals surface area contributed by atoms with Gasteiger partial charge in [-0.1, -0.05) is 0 Å². The van der Waals surface area contributed by atoms with Crippen LogP contribution < -0.4 is 0 Å². The molecule has 0 aromatic heterocycles. The fraction of sp³-hybridized carbons (Fsp3) is 0.900. The SMILES string of the molecule is CC(O)C(C)OC(C)(C#N)C1CC1. The number of aliphatic hydroxyl groups is 1. The summed E-state index contributed by atoms with van der Waals surface area (Å²) in [4.78, 5) is 0. The van der Waals surface area contributed by atoms with Crippen LogP contribution in [-0.2, 0) is 4.74 Å². The highest BCUT2D eigenvalue weighted by molar-refractivity contribution is 5.08. The monoisotopic (exact) mass is 183 g/mol. The van der Waals surface area contributed by atoms with Crippen LogP contribution in [0.15, 0.2) is 0 Å². The van der Waals surface area contributed by atoms with Gasteiger partial charge in [-0.05, 0) is 33.6 Å². The van der Waals surface area contributed by atoms with Gasteiger partial charge in [0.05, 0.1) is 18.3 Å². The van der Waals surface area contributed by atoms with Gasteiger partial charge in [0.2, 0.25) is 0 Å². The summed E-state index contributed by atoms with van der Waals surface area (Å²) in [6, 6.07) is 2.19. The van der Waals surface area contributed by atoms with Crippen LogP contribution in [0.5, 0.6) is 0 Å². The molecule has 3 atom stereocenters. The quantitative estimate of drug-likeness (QED) is 0.718. The van der Waals surface area contributed by atoms with Crippen LogP contribution in [0, 0.1) is 17.2 Å². The lowest BCUT2D eigenvalue weighted by atomic mass is 10.0. The fourth-order valence-electron chi connectivity index (χ4n) is 1.33. The summed E-state index contributed by atoms with van der Waals surface area (Å²) in [5.74, 6) is 0.360. The maximum Gasteiger partial charge on any atom is 0.154 e. The highest BCUT2D eigenvalue weighted by atomic mass is 16.5. The second-order valence-corrected chi connectivity index (χ2v) is 4.06. The van der Waals surface area contributed by atoms with Gasteiger partial charge in [-0.3, -0.25) is 0 Å². The normalized spacial score (nSPS) is 25.8. The molecule has 0 saturated heterocycles. The molecule has 0 aliphatic heterocycles. The van der Waals surface area contributed by atoms with Crippen LogP contribution >= 0.6 is 0 Å². The second kappa shape index (κ2) is 3.65. The van der Waals surface area contributed by atoms with E-state index >= 15 is 0 Å². The van der Waals surface area contributed by atoms with E-state index in [2.05, 4.69) is 6.07 Å². The van der Waals surface area contributed by atoms with Crippen LogP contribution in [0.1, 0.15) is 33.6 Å². The molecule has 74 valence electrons. The third kappa shape index (κ3) is 2.43. The molecule has 1 aliphatic carbocycles. The number of hydrogen-bond donors (Lipinski definition) is 1. The van der Waals surface area contributed by atoms with E-state index < -0.39 is 11.7 Å². The van der Waals surface area contributed by atoms with Gasteiger partial charge in [0.25, 0.3) is 0 Å². The molecule has 0 spiro atoms. The zero-order valence-electron chi connectivity index (χ0n) is 8.45. The van der Waals surface area contributed by atoms with Crippen LogP contribution in [0.3, 0.4) is 0 Å². The lowest BCUT2D eigenvalue weighted by Crippen LogP contribution is -2.37. The molecule has 1 N–H and O–H groups in total. The standard InChI is InChI=1S/C10H17NO2/c1-7(12)8(2)13-10(3,6-11)9-4-5-9/h7-9,12H,4-5H2,1-3H3.